The lowest BCUT2D eigenvalue weighted by atomic mass is 10.2. The minimum atomic E-state index is -0.926. The molecule has 20 heavy (non-hydrogen) atoms. The number of piperidine rings is 1. The fraction of sp³-hybridized carbons (Fsp3) is 0.583. The second-order valence-electron chi connectivity index (χ2n) is 4.00. The second-order valence-corrected chi connectivity index (χ2v) is 4.00. The van der Waals surface area contributed by atoms with Gasteiger partial charge < -0.3 is 24.4 Å². The lowest BCUT2D eigenvalue weighted by molar-refractivity contribution is 0.0544. The molecule has 0 atom stereocenters. The van der Waals surface area contributed by atoms with Crippen LogP contribution < -0.4 is 5.32 Å². The van der Waals surface area contributed by atoms with E-state index >= 15 is 0 Å². The van der Waals surface area contributed by atoms with Crippen LogP contribution in [-0.2, 0) is 9.47 Å². The van der Waals surface area contributed by atoms with Crippen molar-refractivity contribution in [3.63, 3.8) is 0 Å². The molecule has 2 heterocycles. The van der Waals surface area contributed by atoms with Gasteiger partial charge in [-0.1, -0.05) is 11.6 Å². The van der Waals surface area contributed by atoms with Crippen LogP contribution in [0.5, 0.6) is 5.75 Å². The predicted octanol–water partition coefficient (Wildman–Crippen LogP) is 0.713. The number of aromatic hydroxyl groups is 1. The Balaban J connectivity index is 0.000000276. The number of carbonyl (C=O) groups is 2. The third-order valence-electron chi connectivity index (χ3n) is 2.62. The molecule has 8 nitrogen and oxygen atoms in total. The van der Waals surface area contributed by atoms with E-state index in [1.54, 1.807) is 0 Å². The zero-order valence-electron chi connectivity index (χ0n) is 11.5. The molecule has 0 unspecified atom stereocenters. The molecule has 1 saturated heterocycles. The van der Waals surface area contributed by atoms with Crippen molar-refractivity contribution >= 4 is 11.9 Å². The van der Waals surface area contributed by atoms with Gasteiger partial charge in [0.25, 0.3) is 5.76 Å². The molecule has 0 bridgehead atoms. The van der Waals surface area contributed by atoms with Crippen LogP contribution in [0.3, 0.4) is 0 Å². The Morgan fingerprint density at radius 1 is 1.15 bits per heavy atom. The summed E-state index contributed by atoms with van der Waals surface area (Å²) in [6.07, 6.45) is 4.22. The molecule has 2 rings (SSSR count). The number of methoxy groups -OCH3 is 2. The van der Waals surface area contributed by atoms with Gasteiger partial charge >= 0.3 is 11.9 Å². The monoisotopic (exact) mass is 286 g/mol. The average Bonchev–Trinajstić information content (AvgIpc) is 2.90. The molecule has 2 N–H and O–H groups in total. The van der Waals surface area contributed by atoms with Gasteiger partial charge in [0, 0.05) is 0 Å². The van der Waals surface area contributed by atoms with E-state index in [1.807, 2.05) is 0 Å². The van der Waals surface area contributed by atoms with Crippen LogP contribution in [0.1, 0.15) is 40.3 Å². The highest BCUT2D eigenvalue weighted by Gasteiger charge is 2.27. The number of esters is 2. The molecule has 112 valence electrons. The van der Waals surface area contributed by atoms with Crippen molar-refractivity contribution < 1.29 is 28.7 Å². The molecule has 0 saturated carbocycles. The van der Waals surface area contributed by atoms with Crippen LogP contribution >= 0.6 is 0 Å². The maximum Gasteiger partial charge on any atom is 0.380 e. The topological polar surface area (TPSA) is 111 Å². The van der Waals surface area contributed by atoms with Crippen molar-refractivity contribution in [1.29, 1.82) is 0 Å². The van der Waals surface area contributed by atoms with E-state index in [1.165, 1.54) is 32.4 Å². The number of aromatic nitrogens is 1. The molecule has 1 aromatic rings. The van der Waals surface area contributed by atoms with Crippen LogP contribution in [0.2, 0.25) is 0 Å². The maximum absolute atomic E-state index is 10.9. The number of hydrogen-bond acceptors (Lipinski definition) is 8. The van der Waals surface area contributed by atoms with E-state index < -0.39 is 29.1 Å². The number of nitrogens with zero attached hydrogens (tertiary/aromatic N) is 1. The highest BCUT2D eigenvalue weighted by atomic mass is 16.6. The summed E-state index contributed by atoms with van der Waals surface area (Å²) in [6.45, 7) is 2.50. The van der Waals surface area contributed by atoms with E-state index in [4.69, 9.17) is 0 Å². The number of rotatable bonds is 2. The third kappa shape index (κ3) is 4.23. The summed E-state index contributed by atoms with van der Waals surface area (Å²) >= 11 is 0. The molecule has 0 aromatic carbocycles. The summed E-state index contributed by atoms with van der Waals surface area (Å²) in [5.74, 6) is -3.05. The summed E-state index contributed by atoms with van der Waals surface area (Å²) in [4.78, 5) is 21.8. The first-order chi connectivity index (χ1) is 9.61. The van der Waals surface area contributed by atoms with Gasteiger partial charge in [-0.05, 0) is 25.9 Å². The molecule has 1 aliphatic rings. The molecule has 1 aromatic heterocycles. The Morgan fingerprint density at radius 2 is 1.75 bits per heavy atom. The number of hydrogen-bond donors (Lipinski definition) is 2. The first-order valence-corrected chi connectivity index (χ1v) is 6.17. The Morgan fingerprint density at radius 3 is 2.15 bits per heavy atom. The smallest absolute Gasteiger partial charge is 0.380 e. The largest absolute Gasteiger partial charge is 0.502 e. The highest BCUT2D eigenvalue weighted by Crippen LogP contribution is 2.22. The maximum atomic E-state index is 10.9. The van der Waals surface area contributed by atoms with E-state index in [0.29, 0.717) is 0 Å². The van der Waals surface area contributed by atoms with E-state index in [9.17, 15) is 14.7 Å². The Hall–Kier alpha value is -2.09. The standard InChI is InChI=1S/C7H7NO6.C5H11N/c1-12-6(10)3-4(9)5(14-8-3)7(11)13-2;1-2-4-6-5-3-1/h9H,1-2H3;6H,1-5H2. The van der Waals surface area contributed by atoms with Crippen molar-refractivity contribution in [2.24, 2.45) is 0 Å². The Labute approximate surface area is 116 Å². The summed E-state index contributed by atoms with van der Waals surface area (Å²) in [5, 5.41) is 15.7. The first-order valence-electron chi connectivity index (χ1n) is 6.17. The second kappa shape index (κ2) is 8.16. The van der Waals surface area contributed by atoms with E-state index in [0.717, 1.165) is 14.2 Å². The highest BCUT2D eigenvalue weighted by molar-refractivity contribution is 5.96. The SMILES string of the molecule is C1CCNCC1.COC(=O)c1noc(C(=O)OC)c1O. The molecule has 1 fully saturated rings. The lowest BCUT2D eigenvalue weighted by Gasteiger charge is -2.08. The minimum Gasteiger partial charge on any atom is -0.502 e. The summed E-state index contributed by atoms with van der Waals surface area (Å²) in [5.41, 5.74) is -0.465. The van der Waals surface area contributed by atoms with Gasteiger partial charge in [-0.2, -0.15) is 0 Å². The van der Waals surface area contributed by atoms with Gasteiger partial charge in [0.15, 0.2) is 0 Å². The van der Waals surface area contributed by atoms with Crippen LogP contribution in [-0.4, -0.2) is 49.5 Å². The summed E-state index contributed by atoms with van der Waals surface area (Å²) < 4.78 is 12.9. The first kappa shape index (κ1) is 16.0. The molecule has 0 spiro atoms. The molecule has 0 radical (unpaired) electrons. The normalized spacial score (nSPS) is 13.9. The van der Waals surface area contributed by atoms with E-state index in [2.05, 4.69) is 24.5 Å². The van der Waals surface area contributed by atoms with Crippen LogP contribution in [0.4, 0.5) is 0 Å². The molecular formula is C12H18N2O6. The fourth-order valence-corrected chi connectivity index (χ4v) is 1.54. The number of ether oxygens (including phenoxy) is 2. The van der Waals surface area contributed by atoms with Crippen molar-refractivity contribution in [3.8, 4) is 5.75 Å². The lowest BCUT2D eigenvalue weighted by Crippen LogP contribution is -2.21. The van der Waals surface area contributed by atoms with Crippen LogP contribution in [0.25, 0.3) is 0 Å². The average molecular weight is 286 g/mol. The zero-order chi connectivity index (χ0) is 15.0. The molecule has 1 aliphatic heterocycles. The minimum absolute atomic E-state index is 0.465. The van der Waals surface area contributed by atoms with Gasteiger partial charge in [-0.15, -0.1) is 0 Å². The van der Waals surface area contributed by atoms with Crippen molar-refractivity contribution in [1.82, 2.24) is 10.5 Å². The van der Waals surface area contributed by atoms with Gasteiger partial charge in [0.1, 0.15) is 0 Å². The van der Waals surface area contributed by atoms with Gasteiger partial charge in [0.2, 0.25) is 11.4 Å². The predicted molar refractivity (Wildman–Crippen MR) is 67.6 cm³/mol. The third-order valence-corrected chi connectivity index (χ3v) is 2.62. The number of carbonyl (C=O) groups excluding carboxylic acids is 2. The van der Waals surface area contributed by atoms with Crippen molar-refractivity contribution in [3.05, 3.63) is 11.5 Å². The van der Waals surface area contributed by atoms with Crippen molar-refractivity contribution in [2.75, 3.05) is 27.3 Å². The van der Waals surface area contributed by atoms with E-state index in [-0.39, 0.29) is 0 Å². The quantitative estimate of drug-likeness (QED) is 0.765. The Bertz CT molecular complexity index is 408. The Kier molecular flexibility index (Phi) is 6.51. The van der Waals surface area contributed by atoms with Crippen LogP contribution in [0.15, 0.2) is 4.52 Å². The zero-order valence-corrected chi connectivity index (χ0v) is 11.5. The fourth-order valence-electron chi connectivity index (χ4n) is 1.54. The summed E-state index contributed by atoms with van der Waals surface area (Å²) in [6, 6.07) is 0. The van der Waals surface area contributed by atoms with Crippen LogP contribution in [0, 0.1) is 0 Å². The molecule has 0 amide bonds. The molecule has 8 heteroatoms. The summed E-state index contributed by atoms with van der Waals surface area (Å²) in [7, 11) is 2.20. The van der Waals surface area contributed by atoms with Gasteiger partial charge in [0.05, 0.1) is 14.2 Å². The number of nitrogens with one attached hydrogen (secondary N) is 1. The van der Waals surface area contributed by atoms with Crippen molar-refractivity contribution in [2.45, 2.75) is 19.3 Å². The molecule has 0 aliphatic carbocycles. The molecular weight excluding hydrogens is 268 g/mol. The van der Waals surface area contributed by atoms with Gasteiger partial charge in [-0.25, -0.2) is 9.59 Å². The van der Waals surface area contributed by atoms with Gasteiger partial charge in [-0.3, -0.25) is 0 Å².